The Balaban J connectivity index is 2.14. The van der Waals surface area contributed by atoms with Crippen molar-refractivity contribution in [3.05, 3.63) is 29.3 Å². The molecule has 1 heterocycles. The summed E-state index contributed by atoms with van der Waals surface area (Å²) in [6.45, 7) is 0.738. The number of fused-ring (bicyclic) bond motifs is 1. The van der Waals surface area contributed by atoms with E-state index < -0.39 is 12.0 Å². The molecule has 1 atom stereocenters. The summed E-state index contributed by atoms with van der Waals surface area (Å²) in [6.07, 6.45) is 2.41. The zero-order chi connectivity index (χ0) is 11.5. The maximum Gasteiger partial charge on any atom is 0.320 e. The predicted octanol–water partition coefficient (Wildman–Crippen LogP) is 0.966. The van der Waals surface area contributed by atoms with Gasteiger partial charge in [-0.3, -0.25) is 4.79 Å². The average molecular weight is 221 g/mol. The molecule has 0 saturated heterocycles. The Kier molecular flexibility index (Phi) is 3.10. The number of aryl methyl sites for hydroxylation is 1. The van der Waals surface area contributed by atoms with Crippen molar-refractivity contribution in [2.75, 3.05) is 6.61 Å². The van der Waals surface area contributed by atoms with Crippen molar-refractivity contribution < 1.29 is 14.6 Å². The number of carboxylic acid groups (broad SMARTS) is 1. The van der Waals surface area contributed by atoms with E-state index in [9.17, 15) is 4.79 Å². The first-order valence-corrected chi connectivity index (χ1v) is 5.40. The van der Waals surface area contributed by atoms with Gasteiger partial charge in [0.15, 0.2) is 0 Å². The minimum absolute atomic E-state index is 0.339. The normalized spacial score (nSPS) is 16.1. The summed E-state index contributed by atoms with van der Waals surface area (Å²) >= 11 is 0. The van der Waals surface area contributed by atoms with Gasteiger partial charge in [0.05, 0.1) is 6.61 Å². The summed E-state index contributed by atoms with van der Waals surface area (Å²) in [5, 5.41) is 8.73. The third-order valence-corrected chi connectivity index (χ3v) is 2.75. The standard InChI is InChI=1S/C12H15NO3/c13-10(12(14)15)6-8-3-4-9-2-1-5-16-11(9)7-8/h3-4,7,10H,1-2,5-6,13H2,(H,14,15). The zero-order valence-electron chi connectivity index (χ0n) is 8.98. The van der Waals surface area contributed by atoms with Crippen LogP contribution >= 0.6 is 0 Å². The molecule has 86 valence electrons. The van der Waals surface area contributed by atoms with E-state index in [1.54, 1.807) is 0 Å². The molecule has 4 heteroatoms. The second kappa shape index (κ2) is 4.53. The quantitative estimate of drug-likeness (QED) is 0.797. The van der Waals surface area contributed by atoms with Gasteiger partial charge in [0.25, 0.3) is 0 Å². The van der Waals surface area contributed by atoms with E-state index in [4.69, 9.17) is 15.6 Å². The van der Waals surface area contributed by atoms with Crippen LogP contribution in [0, 0.1) is 0 Å². The van der Waals surface area contributed by atoms with Crippen LogP contribution in [0.1, 0.15) is 17.5 Å². The van der Waals surface area contributed by atoms with Gasteiger partial charge >= 0.3 is 5.97 Å². The second-order valence-electron chi connectivity index (χ2n) is 4.04. The van der Waals surface area contributed by atoms with E-state index >= 15 is 0 Å². The third-order valence-electron chi connectivity index (χ3n) is 2.75. The van der Waals surface area contributed by atoms with Gasteiger partial charge in [0.2, 0.25) is 0 Å². The minimum Gasteiger partial charge on any atom is -0.493 e. The molecule has 1 aliphatic heterocycles. The first kappa shape index (κ1) is 11.0. The lowest BCUT2D eigenvalue weighted by molar-refractivity contribution is -0.138. The molecule has 3 N–H and O–H groups in total. The van der Waals surface area contributed by atoms with Crippen molar-refractivity contribution >= 4 is 5.97 Å². The highest BCUT2D eigenvalue weighted by molar-refractivity contribution is 5.73. The molecule has 1 aromatic carbocycles. The Morgan fingerprint density at radius 2 is 2.38 bits per heavy atom. The van der Waals surface area contributed by atoms with Crippen LogP contribution in [0.25, 0.3) is 0 Å². The number of carboxylic acids is 1. The zero-order valence-corrected chi connectivity index (χ0v) is 8.98. The Bertz CT molecular complexity index is 403. The highest BCUT2D eigenvalue weighted by Gasteiger charge is 2.15. The van der Waals surface area contributed by atoms with Crippen molar-refractivity contribution in [1.29, 1.82) is 0 Å². The molecule has 2 rings (SSSR count). The van der Waals surface area contributed by atoms with Gasteiger partial charge < -0.3 is 15.6 Å². The average Bonchev–Trinajstić information content (AvgIpc) is 2.28. The lowest BCUT2D eigenvalue weighted by Gasteiger charge is -2.18. The monoisotopic (exact) mass is 221 g/mol. The van der Waals surface area contributed by atoms with E-state index in [1.807, 2.05) is 18.2 Å². The minimum atomic E-state index is -0.973. The molecule has 0 aromatic heterocycles. The largest absolute Gasteiger partial charge is 0.493 e. The summed E-state index contributed by atoms with van der Waals surface area (Å²) in [7, 11) is 0. The molecule has 0 amide bonds. The molecular weight excluding hydrogens is 206 g/mol. The summed E-state index contributed by atoms with van der Waals surface area (Å²) < 4.78 is 5.52. The van der Waals surface area contributed by atoms with Crippen LogP contribution in [0.4, 0.5) is 0 Å². The third kappa shape index (κ3) is 2.33. The molecule has 1 unspecified atom stereocenters. The number of aliphatic carboxylic acids is 1. The molecule has 0 aliphatic carbocycles. The van der Waals surface area contributed by atoms with Crippen LogP contribution in [0.15, 0.2) is 18.2 Å². The van der Waals surface area contributed by atoms with Gasteiger partial charge in [0.1, 0.15) is 11.8 Å². The first-order chi connectivity index (χ1) is 7.66. The number of ether oxygens (including phenoxy) is 1. The number of rotatable bonds is 3. The first-order valence-electron chi connectivity index (χ1n) is 5.40. The molecule has 16 heavy (non-hydrogen) atoms. The SMILES string of the molecule is NC(Cc1ccc2c(c1)OCCC2)C(=O)O. The molecule has 0 bridgehead atoms. The fourth-order valence-corrected chi connectivity index (χ4v) is 1.85. The van der Waals surface area contributed by atoms with Gasteiger partial charge in [-0.15, -0.1) is 0 Å². The highest BCUT2D eigenvalue weighted by atomic mass is 16.5. The topological polar surface area (TPSA) is 72.5 Å². The van der Waals surface area contributed by atoms with Gasteiger partial charge in [0, 0.05) is 0 Å². The summed E-state index contributed by atoms with van der Waals surface area (Å²) in [6, 6.07) is 4.98. The van der Waals surface area contributed by atoms with E-state index in [0.717, 1.165) is 30.8 Å². The van der Waals surface area contributed by atoms with Crippen molar-refractivity contribution in [3.8, 4) is 5.75 Å². The summed E-state index contributed by atoms with van der Waals surface area (Å²) in [4.78, 5) is 10.6. The van der Waals surface area contributed by atoms with Gasteiger partial charge in [-0.2, -0.15) is 0 Å². The molecule has 1 aromatic rings. The Morgan fingerprint density at radius 1 is 1.56 bits per heavy atom. The van der Waals surface area contributed by atoms with E-state index in [0.29, 0.717) is 6.42 Å². The Morgan fingerprint density at radius 3 is 3.12 bits per heavy atom. The van der Waals surface area contributed by atoms with Gasteiger partial charge in [-0.1, -0.05) is 12.1 Å². The number of benzene rings is 1. The van der Waals surface area contributed by atoms with Crippen molar-refractivity contribution in [2.24, 2.45) is 5.73 Å². The van der Waals surface area contributed by atoms with Crippen molar-refractivity contribution in [2.45, 2.75) is 25.3 Å². The van der Waals surface area contributed by atoms with Crippen molar-refractivity contribution in [3.63, 3.8) is 0 Å². The van der Waals surface area contributed by atoms with Crippen LogP contribution in [-0.2, 0) is 17.6 Å². The number of nitrogens with two attached hydrogens (primary N) is 1. The Labute approximate surface area is 94.0 Å². The maximum absolute atomic E-state index is 10.6. The van der Waals surface area contributed by atoms with Crippen LogP contribution in [0.2, 0.25) is 0 Å². The molecule has 0 spiro atoms. The summed E-state index contributed by atoms with van der Waals surface area (Å²) in [5.74, 6) is -0.0972. The van der Waals surface area contributed by atoms with E-state index in [1.165, 1.54) is 5.56 Å². The Hall–Kier alpha value is -1.55. The molecule has 0 saturated carbocycles. The van der Waals surface area contributed by atoms with Gasteiger partial charge in [-0.25, -0.2) is 0 Å². The van der Waals surface area contributed by atoms with E-state index in [-0.39, 0.29) is 0 Å². The predicted molar refractivity (Wildman–Crippen MR) is 59.6 cm³/mol. The summed E-state index contributed by atoms with van der Waals surface area (Å²) in [5.41, 5.74) is 7.59. The smallest absolute Gasteiger partial charge is 0.320 e. The molecule has 0 fully saturated rings. The van der Waals surface area contributed by atoms with Crippen molar-refractivity contribution in [1.82, 2.24) is 0 Å². The lowest BCUT2D eigenvalue weighted by Crippen LogP contribution is -2.32. The highest BCUT2D eigenvalue weighted by Crippen LogP contribution is 2.26. The number of hydrogen-bond donors (Lipinski definition) is 2. The van der Waals surface area contributed by atoms with Crippen LogP contribution in [-0.4, -0.2) is 23.7 Å². The van der Waals surface area contributed by atoms with E-state index in [2.05, 4.69) is 0 Å². The fourth-order valence-electron chi connectivity index (χ4n) is 1.85. The number of hydrogen-bond acceptors (Lipinski definition) is 3. The van der Waals surface area contributed by atoms with Crippen LogP contribution in [0.5, 0.6) is 5.75 Å². The fraction of sp³-hybridized carbons (Fsp3) is 0.417. The maximum atomic E-state index is 10.6. The lowest BCUT2D eigenvalue weighted by atomic mass is 10.0. The second-order valence-corrected chi connectivity index (χ2v) is 4.04. The number of carbonyl (C=O) groups is 1. The molecule has 1 aliphatic rings. The molecule has 4 nitrogen and oxygen atoms in total. The van der Waals surface area contributed by atoms with Crippen LogP contribution in [0.3, 0.4) is 0 Å². The molecular formula is C12H15NO3. The molecule has 0 radical (unpaired) electrons. The van der Waals surface area contributed by atoms with Crippen LogP contribution < -0.4 is 10.5 Å². The van der Waals surface area contributed by atoms with Gasteiger partial charge in [-0.05, 0) is 36.5 Å².